The zero-order valence-electron chi connectivity index (χ0n) is 17.8. The lowest BCUT2D eigenvalue weighted by Crippen LogP contribution is -2.48. The van der Waals surface area contributed by atoms with Gasteiger partial charge in [-0.05, 0) is 48.2 Å². The van der Waals surface area contributed by atoms with E-state index in [-0.39, 0.29) is 24.1 Å². The van der Waals surface area contributed by atoms with Crippen molar-refractivity contribution >= 4 is 58.4 Å². The number of nitrogens with zero attached hydrogens (tertiary/aromatic N) is 1. The van der Waals surface area contributed by atoms with Crippen molar-refractivity contribution in [3.63, 3.8) is 0 Å². The highest BCUT2D eigenvalue weighted by molar-refractivity contribution is 7.99. The van der Waals surface area contributed by atoms with Gasteiger partial charge in [-0.3, -0.25) is 9.59 Å². The molecule has 0 saturated heterocycles. The quantitative estimate of drug-likeness (QED) is 0.430. The van der Waals surface area contributed by atoms with E-state index in [1.165, 1.54) is 11.8 Å². The van der Waals surface area contributed by atoms with Crippen molar-refractivity contribution in [3.05, 3.63) is 68.7 Å². The maximum atomic E-state index is 13.1. The number of carbonyl (C=O) groups is 2. The third-order valence-electron chi connectivity index (χ3n) is 4.62. The van der Waals surface area contributed by atoms with Crippen LogP contribution < -0.4 is 5.32 Å². The average molecular weight is 502 g/mol. The van der Waals surface area contributed by atoms with Gasteiger partial charge in [0.1, 0.15) is 6.04 Å². The second kappa shape index (κ2) is 12.6. The highest BCUT2D eigenvalue weighted by Gasteiger charge is 2.26. The van der Waals surface area contributed by atoms with Gasteiger partial charge in [-0.1, -0.05) is 66.8 Å². The van der Waals surface area contributed by atoms with Gasteiger partial charge in [0.2, 0.25) is 11.8 Å². The lowest BCUT2D eigenvalue weighted by Gasteiger charge is -2.29. The van der Waals surface area contributed by atoms with E-state index in [1.807, 2.05) is 38.1 Å². The third kappa shape index (κ3) is 8.57. The first kappa shape index (κ1) is 25.9. The maximum Gasteiger partial charge on any atom is 0.242 e. The molecule has 0 fully saturated rings. The van der Waals surface area contributed by atoms with E-state index in [1.54, 1.807) is 30.0 Å². The molecular formula is C23H27Cl3N2O2S. The molecule has 0 aromatic heterocycles. The predicted octanol–water partition coefficient (Wildman–Crippen LogP) is 6.07. The Kier molecular flexibility index (Phi) is 10.5. The number of rotatable bonds is 10. The molecule has 0 heterocycles. The van der Waals surface area contributed by atoms with Crippen molar-refractivity contribution in [2.24, 2.45) is 5.92 Å². The smallest absolute Gasteiger partial charge is 0.242 e. The van der Waals surface area contributed by atoms with Gasteiger partial charge < -0.3 is 10.2 Å². The molecular weight excluding hydrogens is 475 g/mol. The first-order chi connectivity index (χ1) is 14.7. The Morgan fingerprint density at radius 2 is 1.65 bits per heavy atom. The monoisotopic (exact) mass is 500 g/mol. The molecule has 168 valence electrons. The molecule has 0 aliphatic rings. The summed E-state index contributed by atoms with van der Waals surface area (Å²) in [5, 5.41) is 4.57. The summed E-state index contributed by atoms with van der Waals surface area (Å²) in [6, 6.07) is 12.0. The summed E-state index contributed by atoms with van der Waals surface area (Å²) in [4.78, 5) is 27.3. The molecule has 2 aromatic rings. The second-order valence-corrected chi connectivity index (χ2v) is 9.96. The van der Waals surface area contributed by atoms with Crippen LogP contribution in [0.5, 0.6) is 0 Å². The van der Waals surface area contributed by atoms with Crippen molar-refractivity contribution < 1.29 is 9.59 Å². The van der Waals surface area contributed by atoms with Gasteiger partial charge in [-0.15, -0.1) is 11.8 Å². The molecule has 8 heteroatoms. The van der Waals surface area contributed by atoms with E-state index >= 15 is 0 Å². The van der Waals surface area contributed by atoms with Gasteiger partial charge in [0.15, 0.2) is 0 Å². The third-order valence-corrected chi connectivity index (χ3v) is 6.44. The highest BCUT2D eigenvalue weighted by atomic mass is 35.5. The van der Waals surface area contributed by atoms with E-state index < -0.39 is 6.04 Å². The highest BCUT2D eigenvalue weighted by Crippen LogP contribution is 2.24. The molecule has 1 unspecified atom stereocenters. The van der Waals surface area contributed by atoms with Crippen molar-refractivity contribution in [3.8, 4) is 0 Å². The minimum Gasteiger partial charge on any atom is -0.354 e. The van der Waals surface area contributed by atoms with Crippen LogP contribution in [0.15, 0.2) is 42.5 Å². The fourth-order valence-corrected chi connectivity index (χ4v) is 4.25. The Morgan fingerprint density at radius 3 is 2.26 bits per heavy atom. The van der Waals surface area contributed by atoms with Crippen LogP contribution in [0.25, 0.3) is 0 Å². The molecule has 1 N–H and O–H groups in total. The molecule has 2 aromatic carbocycles. The summed E-state index contributed by atoms with van der Waals surface area (Å²) >= 11 is 19.7. The average Bonchev–Trinajstić information content (AvgIpc) is 2.72. The van der Waals surface area contributed by atoms with Crippen LogP contribution in [0.1, 0.15) is 31.9 Å². The van der Waals surface area contributed by atoms with E-state index in [4.69, 9.17) is 34.8 Å². The summed E-state index contributed by atoms with van der Waals surface area (Å²) in [7, 11) is 0. The SMILES string of the molecule is CC(C)CNC(=O)C(C)N(Cc1ccc(Cl)cc1Cl)C(=O)CSCc1ccc(Cl)cc1. The molecule has 0 radical (unpaired) electrons. The second-order valence-electron chi connectivity index (χ2n) is 7.69. The molecule has 1 atom stereocenters. The molecule has 0 aliphatic heterocycles. The molecule has 31 heavy (non-hydrogen) atoms. The van der Waals surface area contributed by atoms with Gasteiger partial charge in [0.05, 0.1) is 5.75 Å². The molecule has 2 amide bonds. The number of carbonyl (C=O) groups excluding carboxylic acids is 2. The fourth-order valence-electron chi connectivity index (χ4n) is 2.79. The van der Waals surface area contributed by atoms with Crippen LogP contribution in [0.3, 0.4) is 0 Å². The van der Waals surface area contributed by atoms with Gasteiger partial charge in [0.25, 0.3) is 0 Å². The number of hydrogen-bond acceptors (Lipinski definition) is 3. The number of thioether (sulfide) groups is 1. The molecule has 0 aliphatic carbocycles. The van der Waals surface area contributed by atoms with Crippen LogP contribution >= 0.6 is 46.6 Å². The molecule has 0 saturated carbocycles. The van der Waals surface area contributed by atoms with Crippen LogP contribution in [-0.4, -0.2) is 35.1 Å². The van der Waals surface area contributed by atoms with Crippen molar-refractivity contribution in [1.29, 1.82) is 0 Å². The van der Waals surface area contributed by atoms with E-state index in [0.717, 1.165) is 11.1 Å². The summed E-state index contributed by atoms with van der Waals surface area (Å²) in [5.74, 6) is 0.926. The molecule has 2 rings (SSSR count). The fraction of sp³-hybridized carbons (Fsp3) is 0.391. The summed E-state index contributed by atoms with van der Waals surface area (Å²) in [6.07, 6.45) is 0. The Hall–Kier alpha value is -1.40. The topological polar surface area (TPSA) is 49.4 Å². The number of benzene rings is 2. The van der Waals surface area contributed by atoms with Crippen LogP contribution in [0.2, 0.25) is 15.1 Å². The number of halogens is 3. The summed E-state index contributed by atoms with van der Waals surface area (Å²) in [5.41, 5.74) is 1.82. The predicted molar refractivity (Wildman–Crippen MR) is 132 cm³/mol. The standard InChI is InChI=1S/C23H27Cl3N2O2S/c1-15(2)11-27-23(30)16(3)28(12-18-6-9-20(25)10-21(18)26)22(29)14-31-13-17-4-7-19(24)8-5-17/h4-10,15-16H,11-14H2,1-3H3,(H,27,30). The number of hydrogen-bond donors (Lipinski definition) is 1. The Morgan fingerprint density at radius 1 is 1.00 bits per heavy atom. The van der Waals surface area contributed by atoms with Gasteiger partial charge in [-0.2, -0.15) is 0 Å². The Labute approximate surface area is 203 Å². The van der Waals surface area contributed by atoms with Gasteiger partial charge in [0, 0.05) is 33.9 Å². The van der Waals surface area contributed by atoms with E-state index in [2.05, 4.69) is 5.32 Å². The van der Waals surface area contributed by atoms with E-state index in [9.17, 15) is 9.59 Å². The minimum atomic E-state index is -0.630. The lowest BCUT2D eigenvalue weighted by atomic mass is 10.1. The Balaban J connectivity index is 2.09. The summed E-state index contributed by atoms with van der Waals surface area (Å²) < 4.78 is 0. The molecule has 0 spiro atoms. The van der Waals surface area contributed by atoms with Gasteiger partial charge >= 0.3 is 0 Å². The maximum absolute atomic E-state index is 13.1. The van der Waals surface area contributed by atoms with Crippen LogP contribution in [-0.2, 0) is 21.9 Å². The first-order valence-corrected chi connectivity index (χ1v) is 12.3. The molecule has 0 bridgehead atoms. The minimum absolute atomic E-state index is 0.128. The normalized spacial score (nSPS) is 12.0. The van der Waals surface area contributed by atoms with Crippen molar-refractivity contribution in [2.45, 2.75) is 39.1 Å². The number of amides is 2. The van der Waals surface area contributed by atoms with Crippen molar-refractivity contribution in [2.75, 3.05) is 12.3 Å². The van der Waals surface area contributed by atoms with E-state index in [0.29, 0.717) is 33.3 Å². The first-order valence-electron chi connectivity index (χ1n) is 10.0. The Bertz CT molecular complexity index is 891. The lowest BCUT2D eigenvalue weighted by molar-refractivity contribution is -0.138. The van der Waals surface area contributed by atoms with Gasteiger partial charge in [-0.25, -0.2) is 0 Å². The number of nitrogens with one attached hydrogen (secondary N) is 1. The van der Waals surface area contributed by atoms with Crippen molar-refractivity contribution in [1.82, 2.24) is 10.2 Å². The summed E-state index contributed by atoms with van der Waals surface area (Å²) in [6.45, 7) is 6.57. The van der Waals surface area contributed by atoms with Crippen LogP contribution in [0, 0.1) is 5.92 Å². The molecule has 4 nitrogen and oxygen atoms in total. The largest absolute Gasteiger partial charge is 0.354 e. The zero-order valence-corrected chi connectivity index (χ0v) is 20.9. The van der Waals surface area contributed by atoms with Crippen LogP contribution in [0.4, 0.5) is 0 Å². The zero-order chi connectivity index (χ0) is 23.0.